The third kappa shape index (κ3) is 9.72. The van der Waals surface area contributed by atoms with Crippen LogP contribution in [0.15, 0.2) is 121 Å². The van der Waals surface area contributed by atoms with Crippen LogP contribution in [0.1, 0.15) is 60.6 Å². The average molecular weight is 709 g/mol. The molecule has 0 heterocycles. The molecule has 266 valence electrons. The molecule has 0 unspecified atom stereocenters. The standard InChI is InChI=1S/C41H35F3N2O6/c1-46(2)39(49)35-25-27(11-8-14-37(47)52-32-22-18-30(19-23-32)40(50)51-26-28-9-4-3-5-10-28)15-24-36(35)45-38(48)34-13-7-6-12-33(34)29-16-20-31(21-17-29)41(42,43)44/h3-7,9-10,12-13,15-25H,8,11,14,26H2,1-2H3,(H,45,48). The third-order valence-corrected chi connectivity index (χ3v) is 8.04. The Balaban J connectivity index is 1.19. The molecule has 0 aliphatic rings. The van der Waals surface area contributed by atoms with Crippen molar-refractivity contribution in [3.8, 4) is 16.9 Å². The maximum atomic E-state index is 13.5. The monoisotopic (exact) mass is 708 g/mol. The summed E-state index contributed by atoms with van der Waals surface area (Å²) in [5.41, 5.74) is 2.68. The van der Waals surface area contributed by atoms with Crippen LogP contribution >= 0.6 is 0 Å². The Morgan fingerprint density at radius 3 is 2.08 bits per heavy atom. The number of anilines is 1. The zero-order valence-electron chi connectivity index (χ0n) is 28.4. The quantitative estimate of drug-likeness (QED) is 0.103. The lowest BCUT2D eigenvalue weighted by Crippen LogP contribution is -2.24. The number of esters is 2. The molecule has 52 heavy (non-hydrogen) atoms. The summed E-state index contributed by atoms with van der Waals surface area (Å²) in [5, 5.41) is 2.79. The lowest BCUT2D eigenvalue weighted by molar-refractivity contribution is -0.137. The van der Waals surface area contributed by atoms with Crippen molar-refractivity contribution in [2.75, 3.05) is 19.4 Å². The molecule has 5 aromatic carbocycles. The molecule has 0 atom stereocenters. The molecule has 0 spiro atoms. The van der Waals surface area contributed by atoms with Gasteiger partial charge in [0.05, 0.1) is 22.4 Å². The normalized spacial score (nSPS) is 11.0. The molecule has 0 saturated carbocycles. The van der Waals surface area contributed by atoms with E-state index in [4.69, 9.17) is 9.47 Å². The van der Waals surface area contributed by atoms with E-state index in [2.05, 4.69) is 5.32 Å². The first-order chi connectivity index (χ1) is 24.9. The Morgan fingerprint density at radius 2 is 1.40 bits per heavy atom. The number of hydrogen-bond acceptors (Lipinski definition) is 6. The highest BCUT2D eigenvalue weighted by Crippen LogP contribution is 2.32. The van der Waals surface area contributed by atoms with Gasteiger partial charge in [0, 0.05) is 26.1 Å². The van der Waals surface area contributed by atoms with Crippen LogP contribution in [-0.4, -0.2) is 42.7 Å². The second-order valence-electron chi connectivity index (χ2n) is 12.1. The number of alkyl halides is 3. The van der Waals surface area contributed by atoms with E-state index in [-0.39, 0.29) is 41.5 Å². The summed E-state index contributed by atoms with van der Waals surface area (Å²) in [5.74, 6) is -1.60. The van der Waals surface area contributed by atoms with Gasteiger partial charge in [-0.1, -0.05) is 66.7 Å². The molecule has 0 aliphatic heterocycles. The highest BCUT2D eigenvalue weighted by atomic mass is 19.4. The van der Waals surface area contributed by atoms with Crippen LogP contribution in [-0.2, 0) is 28.7 Å². The van der Waals surface area contributed by atoms with Crippen molar-refractivity contribution in [1.29, 1.82) is 0 Å². The molecule has 0 bridgehead atoms. The van der Waals surface area contributed by atoms with E-state index in [1.165, 1.54) is 41.3 Å². The number of carbonyl (C=O) groups is 4. The van der Waals surface area contributed by atoms with E-state index in [0.717, 1.165) is 23.3 Å². The number of rotatable bonds is 12. The molecule has 2 amide bonds. The second-order valence-corrected chi connectivity index (χ2v) is 12.1. The summed E-state index contributed by atoms with van der Waals surface area (Å²) in [4.78, 5) is 53.0. The number of carbonyl (C=O) groups excluding carboxylic acids is 4. The third-order valence-electron chi connectivity index (χ3n) is 8.04. The van der Waals surface area contributed by atoms with Gasteiger partial charge in [-0.15, -0.1) is 0 Å². The lowest BCUT2D eigenvalue weighted by atomic mass is 9.97. The van der Waals surface area contributed by atoms with Crippen molar-refractivity contribution >= 4 is 29.4 Å². The van der Waals surface area contributed by atoms with E-state index in [1.54, 1.807) is 56.6 Å². The number of nitrogens with zero attached hydrogens (tertiary/aromatic N) is 1. The number of aryl methyl sites for hydroxylation is 1. The van der Waals surface area contributed by atoms with E-state index in [1.807, 2.05) is 30.3 Å². The molecule has 8 nitrogen and oxygen atoms in total. The summed E-state index contributed by atoms with van der Waals surface area (Å²) in [6, 6.07) is 31.4. The molecule has 0 saturated heterocycles. The van der Waals surface area contributed by atoms with E-state index in [0.29, 0.717) is 29.5 Å². The predicted molar refractivity (Wildman–Crippen MR) is 190 cm³/mol. The molecular weight excluding hydrogens is 673 g/mol. The summed E-state index contributed by atoms with van der Waals surface area (Å²) >= 11 is 0. The van der Waals surface area contributed by atoms with Crippen LogP contribution in [0.5, 0.6) is 5.75 Å². The van der Waals surface area contributed by atoms with Gasteiger partial charge in [-0.3, -0.25) is 14.4 Å². The zero-order chi connectivity index (χ0) is 37.3. The molecule has 1 N–H and O–H groups in total. The zero-order valence-corrected chi connectivity index (χ0v) is 28.4. The van der Waals surface area contributed by atoms with Crippen LogP contribution in [0, 0.1) is 0 Å². The summed E-state index contributed by atoms with van der Waals surface area (Å²) in [6.07, 6.45) is -3.57. The predicted octanol–water partition coefficient (Wildman–Crippen LogP) is 8.61. The first kappa shape index (κ1) is 37.0. The SMILES string of the molecule is CN(C)C(=O)c1cc(CCCC(=O)Oc2ccc(C(=O)OCc3ccccc3)cc2)ccc1NC(=O)c1ccccc1-c1ccc(C(F)(F)F)cc1. The minimum absolute atomic E-state index is 0.0804. The Hall–Kier alpha value is -6.23. The Labute approximate surface area is 298 Å². The topological polar surface area (TPSA) is 102 Å². The molecular formula is C41H35F3N2O6. The molecule has 5 aromatic rings. The smallest absolute Gasteiger partial charge is 0.416 e. The van der Waals surface area contributed by atoms with Gasteiger partial charge in [-0.2, -0.15) is 13.2 Å². The molecule has 0 aromatic heterocycles. The van der Waals surface area contributed by atoms with Crippen LogP contribution in [0.3, 0.4) is 0 Å². The van der Waals surface area contributed by atoms with Crippen LogP contribution in [0.2, 0.25) is 0 Å². The summed E-state index contributed by atoms with van der Waals surface area (Å²) in [6.45, 7) is 0.141. The number of hydrogen-bond donors (Lipinski definition) is 1. The largest absolute Gasteiger partial charge is 0.457 e. The average Bonchev–Trinajstić information content (AvgIpc) is 3.14. The minimum atomic E-state index is -4.49. The maximum Gasteiger partial charge on any atom is 0.416 e. The number of amides is 2. The van der Waals surface area contributed by atoms with Crippen LogP contribution in [0.4, 0.5) is 18.9 Å². The fourth-order valence-electron chi connectivity index (χ4n) is 5.32. The van der Waals surface area contributed by atoms with Gasteiger partial charge in [-0.05, 0) is 89.7 Å². The Kier molecular flexibility index (Phi) is 11.9. The van der Waals surface area contributed by atoms with Crippen LogP contribution in [0.25, 0.3) is 11.1 Å². The van der Waals surface area contributed by atoms with Gasteiger partial charge in [0.25, 0.3) is 11.8 Å². The minimum Gasteiger partial charge on any atom is -0.457 e. The van der Waals surface area contributed by atoms with Gasteiger partial charge in [0.15, 0.2) is 0 Å². The first-order valence-corrected chi connectivity index (χ1v) is 16.3. The van der Waals surface area contributed by atoms with Gasteiger partial charge in [0.1, 0.15) is 12.4 Å². The van der Waals surface area contributed by atoms with Crippen molar-refractivity contribution in [3.63, 3.8) is 0 Å². The van der Waals surface area contributed by atoms with Crippen molar-refractivity contribution in [2.24, 2.45) is 0 Å². The lowest BCUT2D eigenvalue weighted by Gasteiger charge is -2.17. The second kappa shape index (κ2) is 16.7. The first-order valence-electron chi connectivity index (χ1n) is 16.3. The van der Waals surface area contributed by atoms with E-state index < -0.39 is 29.6 Å². The van der Waals surface area contributed by atoms with Gasteiger partial charge < -0.3 is 19.7 Å². The van der Waals surface area contributed by atoms with E-state index >= 15 is 0 Å². The molecule has 0 aliphatic carbocycles. The van der Waals surface area contributed by atoms with E-state index in [9.17, 15) is 32.3 Å². The van der Waals surface area contributed by atoms with Gasteiger partial charge >= 0.3 is 18.1 Å². The molecule has 11 heteroatoms. The molecule has 0 fully saturated rings. The van der Waals surface area contributed by atoms with Gasteiger partial charge in [0.2, 0.25) is 0 Å². The maximum absolute atomic E-state index is 13.5. The number of benzene rings is 5. The number of halogens is 3. The molecule has 0 radical (unpaired) electrons. The molecule has 5 rings (SSSR count). The van der Waals surface area contributed by atoms with Crippen LogP contribution < -0.4 is 10.1 Å². The van der Waals surface area contributed by atoms with Crippen molar-refractivity contribution in [3.05, 3.63) is 155 Å². The highest BCUT2D eigenvalue weighted by molar-refractivity contribution is 6.11. The van der Waals surface area contributed by atoms with Crippen molar-refractivity contribution in [2.45, 2.75) is 32.0 Å². The highest BCUT2D eigenvalue weighted by Gasteiger charge is 2.30. The summed E-state index contributed by atoms with van der Waals surface area (Å²) in [7, 11) is 3.16. The van der Waals surface area contributed by atoms with Crippen molar-refractivity contribution < 1.29 is 41.8 Å². The van der Waals surface area contributed by atoms with Crippen molar-refractivity contribution in [1.82, 2.24) is 4.90 Å². The number of nitrogens with one attached hydrogen (secondary N) is 1. The Bertz CT molecular complexity index is 2040. The van der Waals surface area contributed by atoms with Gasteiger partial charge in [-0.25, -0.2) is 4.79 Å². The fourth-order valence-corrected chi connectivity index (χ4v) is 5.32. The summed E-state index contributed by atoms with van der Waals surface area (Å²) < 4.78 is 50.1. The number of ether oxygens (including phenoxy) is 2. The fraction of sp³-hybridized carbons (Fsp3) is 0.171. The Morgan fingerprint density at radius 1 is 0.731 bits per heavy atom.